The number of para-hydroxylation sites is 4. The van der Waals surface area contributed by atoms with E-state index in [0.29, 0.717) is 35.2 Å². The third-order valence-corrected chi connectivity index (χ3v) is 23.2. The van der Waals surface area contributed by atoms with Gasteiger partial charge in [0.2, 0.25) is 11.9 Å². The predicted octanol–water partition coefficient (Wildman–Crippen LogP) is 26.1. The van der Waals surface area contributed by atoms with Crippen molar-refractivity contribution < 1.29 is 8.83 Å². The van der Waals surface area contributed by atoms with E-state index in [-0.39, 0.29) is 0 Å². The fourth-order valence-corrected chi connectivity index (χ4v) is 18.4. The molecule has 0 aliphatic rings. The third kappa shape index (κ3) is 9.99. The van der Waals surface area contributed by atoms with Gasteiger partial charge < -0.3 is 8.83 Å². The summed E-state index contributed by atoms with van der Waals surface area (Å²) < 4.78 is 22.5. The lowest BCUT2D eigenvalue weighted by molar-refractivity contribution is 0.670. The van der Waals surface area contributed by atoms with Crippen molar-refractivity contribution >= 4 is 151 Å². The highest BCUT2D eigenvalue weighted by atomic mass is 32.1. The van der Waals surface area contributed by atoms with Crippen LogP contribution in [0.3, 0.4) is 0 Å². The van der Waals surface area contributed by atoms with Crippen molar-refractivity contribution in [2.45, 2.75) is 0 Å². The lowest BCUT2D eigenvalue weighted by Crippen LogP contribution is -2.06. The first-order valence-electron chi connectivity index (χ1n) is 36.0. The highest BCUT2D eigenvalue weighted by Crippen LogP contribution is 2.47. The molecule has 0 unspecified atom stereocenters. The molecule has 504 valence electrons. The van der Waals surface area contributed by atoms with Crippen LogP contribution < -0.4 is 0 Å². The maximum absolute atomic E-state index is 6.64. The van der Waals surface area contributed by atoms with Gasteiger partial charge in [0.05, 0.1) is 11.0 Å². The SMILES string of the molecule is c1ccc(-c2nc(-c3ccc4c(c3)sc3cccc(-c5ccccc5)c34)nc(-n3c4ccccc4c4ccc5c6ccccc6oc5c43)n2)cc1.c1ccc(-c2nc(-c3cccc(-c4ccc5c(c4)sc4cccc(-c6ccccc6)c45)c3)nc(-n3c4ccccc4c4ccc5c6ccccc6oc5c43)n2)cc1. The Labute approximate surface area is 624 Å². The summed E-state index contributed by atoms with van der Waals surface area (Å²) in [6, 6.07) is 119. The van der Waals surface area contributed by atoms with E-state index in [1.165, 1.54) is 62.6 Å². The molecule has 0 fully saturated rings. The van der Waals surface area contributed by atoms with Gasteiger partial charge in [-0.3, -0.25) is 9.13 Å². The maximum atomic E-state index is 6.64. The van der Waals surface area contributed by atoms with E-state index in [9.17, 15) is 0 Å². The minimum absolute atomic E-state index is 0.532. The first kappa shape index (κ1) is 61.4. The molecule has 23 rings (SSSR count). The molecule has 0 bridgehead atoms. The van der Waals surface area contributed by atoms with Crippen LogP contribution in [0.15, 0.2) is 349 Å². The number of thiophene rings is 2. The number of furan rings is 2. The molecule has 8 aromatic heterocycles. The van der Waals surface area contributed by atoms with Gasteiger partial charge in [0.1, 0.15) is 22.2 Å². The summed E-state index contributed by atoms with van der Waals surface area (Å²) in [5.41, 5.74) is 18.1. The molecule has 0 aliphatic heterocycles. The normalized spacial score (nSPS) is 11.9. The molecule has 0 saturated carbocycles. The molecule has 0 radical (unpaired) electrons. The summed E-state index contributed by atoms with van der Waals surface area (Å²) in [6.07, 6.45) is 0. The van der Waals surface area contributed by atoms with Gasteiger partial charge in [-0.05, 0) is 100 Å². The Kier molecular flexibility index (Phi) is 14.1. The average Bonchev–Trinajstić information content (AvgIpc) is 1.56. The minimum Gasteiger partial charge on any atom is -0.454 e. The number of benzene rings is 15. The molecule has 0 N–H and O–H groups in total. The molecule has 15 aromatic carbocycles. The Morgan fingerprint density at radius 1 is 0.222 bits per heavy atom. The van der Waals surface area contributed by atoms with Gasteiger partial charge in [-0.25, -0.2) is 9.97 Å². The summed E-state index contributed by atoms with van der Waals surface area (Å²) in [4.78, 5) is 31.2. The summed E-state index contributed by atoms with van der Waals surface area (Å²) in [5, 5.41) is 13.7. The zero-order chi connectivity index (χ0) is 70.9. The minimum atomic E-state index is 0.532. The first-order chi connectivity index (χ1) is 53.5. The Morgan fingerprint density at radius 3 is 1.05 bits per heavy atom. The standard InChI is InChI=1S/C51H30N4OS.C45H26N4OS/c1-3-13-31(14-4-1)36-21-12-24-44-46(36)41-26-25-34(30-45(41)57-44)33-17-11-18-35(29-33)50-52-49(32-15-5-2-6-16-32)53-51(54-50)55-42-22-9-7-19-37(42)39-27-28-40-38-20-8-10-23-43(38)56-48(40)47(39)55;1-3-12-27(13-4-1)30-18-11-21-38-40(30)35-23-22-29(26-39(35)51-38)44-46-43(28-14-5-2-6-15-28)47-45(48-44)49-36-19-9-7-16-31(36)33-24-25-34-32-17-8-10-20-37(32)50-42(34)41(33)49/h1-30H;1-26H. The molecule has 0 spiro atoms. The van der Waals surface area contributed by atoms with Crippen LogP contribution in [-0.4, -0.2) is 39.0 Å². The van der Waals surface area contributed by atoms with Crippen molar-refractivity contribution in [3.8, 4) is 90.8 Å². The summed E-state index contributed by atoms with van der Waals surface area (Å²) >= 11 is 3.64. The Balaban J connectivity index is 0.000000135. The first-order valence-corrected chi connectivity index (χ1v) is 37.6. The second kappa shape index (κ2) is 24.8. The van der Waals surface area contributed by atoms with E-state index >= 15 is 0 Å². The highest BCUT2D eigenvalue weighted by Gasteiger charge is 2.26. The maximum Gasteiger partial charge on any atom is 0.238 e. The molecular formula is C96H56N8O2S2. The molecular weight excluding hydrogens is 1360 g/mol. The van der Waals surface area contributed by atoms with Crippen LogP contribution in [0.25, 0.3) is 219 Å². The van der Waals surface area contributed by atoms with Gasteiger partial charge >= 0.3 is 0 Å². The van der Waals surface area contributed by atoms with Crippen LogP contribution >= 0.6 is 22.7 Å². The molecule has 23 aromatic rings. The van der Waals surface area contributed by atoms with Crippen LogP contribution in [0.5, 0.6) is 0 Å². The quantitative estimate of drug-likeness (QED) is 0.140. The number of hydrogen-bond donors (Lipinski definition) is 0. The van der Waals surface area contributed by atoms with Crippen molar-refractivity contribution in [3.63, 3.8) is 0 Å². The molecule has 0 atom stereocenters. The Morgan fingerprint density at radius 2 is 0.565 bits per heavy atom. The Bertz CT molecular complexity index is 7570. The zero-order valence-corrected chi connectivity index (χ0v) is 59.2. The summed E-state index contributed by atoms with van der Waals surface area (Å²) in [7, 11) is 0. The largest absolute Gasteiger partial charge is 0.454 e. The van der Waals surface area contributed by atoms with E-state index in [1.54, 1.807) is 11.3 Å². The number of nitrogens with zero attached hydrogens (tertiary/aromatic N) is 8. The van der Waals surface area contributed by atoms with Gasteiger partial charge in [0.15, 0.2) is 34.5 Å². The van der Waals surface area contributed by atoms with Crippen LogP contribution in [0.2, 0.25) is 0 Å². The van der Waals surface area contributed by atoms with Crippen molar-refractivity contribution in [1.82, 2.24) is 39.0 Å². The highest BCUT2D eigenvalue weighted by molar-refractivity contribution is 7.26. The van der Waals surface area contributed by atoms with Crippen molar-refractivity contribution in [2.24, 2.45) is 0 Å². The van der Waals surface area contributed by atoms with E-state index in [2.05, 4.69) is 264 Å². The van der Waals surface area contributed by atoms with E-state index in [0.717, 1.165) is 121 Å². The van der Waals surface area contributed by atoms with Crippen molar-refractivity contribution in [1.29, 1.82) is 0 Å². The number of fused-ring (bicyclic) bond motifs is 20. The van der Waals surface area contributed by atoms with Gasteiger partial charge in [-0.1, -0.05) is 273 Å². The molecule has 12 heteroatoms. The second-order valence-electron chi connectivity index (χ2n) is 27.2. The second-order valence-corrected chi connectivity index (χ2v) is 29.3. The third-order valence-electron chi connectivity index (χ3n) is 20.9. The summed E-state index contributed by atoms with van der Waals surface area (Å²) in [5.74, 6) is 3.50. The van der Waals surface area contributed by atoms with Gasteiger partial charge in [-0.15, -0.1) is 22.7 Å². The fourth-order valence-electron chi connectivity index (χ4n) is 16.0. The topological polar surface area (TPSA) is 113 Å². The summed E-state index contributed by atoms with van der Waals surface area (Å²) in [6.45, 7) is 0. The number of aromatic nitrogens is 8. The van der Waals surface area contributed by atoms with E-state index in [1.807, 2.05) is 96.3 Å². The molecule has 10 nitrogen and oxygen atoms in total. The molecule has 8 heterocycles. The number of hydrogen-bond acceptors (Lipinski definition) is 10. The number of rotatable bonds is 9. The lowest BCUT2D eigenvalue weighted by atomic mass is 9.97. The van der Waals surface area contributed by atoms with E-state index in [4.69, 9.17) is 38.7 Å². The van der Waals surface area contributed by atoms with Crippen LogP contribution in [-0.2, 0) is 0 Å². The average molecular weight is 1420 g/mol. The Hall–Kier alpha value is -14.0. The lowest BCUT2D eigenvalue weighted by Gasteiger charge is -2.12. The van der Waals surface area contributed by atoms with Gasteiger partial charge in [-0.2, -0.15) is 19.9 Å². The monoisotopic (exact) mass is 1420 g/mol. The molecule has 0 aliphatic carbocycles. The molecule has 108 heavy (non-hydrogen) atoms. The fraction of sp³-hybridized carbons (Fsp3) is 0. The molecule has 0 saturated heterocycles. The van der Waals surface area contributed by atoms with Crippen LogP contribution in [0, 0.1) is 0 Å². The zero-order valence-electron chi connectivity index (χ0n) is 57.5. The van der Waals surface area contributed by atoms with E-state index < -0.39 is 0 Å². The van der Waals surface area contributed by atoms with Crippen LogP contribution in [0.1, 0.15) is 0 Å². The molecule has 0 amide bonds. The predicted molar refractivity (Wildman–Crippen MR) is 447 cm³/mol. The van der Waals surface area contributed by atoms with Crippen molar-refractivity contribution in [2.75, 3.05) is 0 Å². The van der Waals surface area contributed by atoms with Crippen molar-refractivity contribution in [3.05, 3.63) is 340 Å². The smallest absolute Gasteiger partial charge is 0.238 e. The van der Waals surface area contributed by atoms with Gasteiger partial charge in [0.25, 0.3) is 0 Å². The van der Waals surface area contributed by atoms with Crippen LogP contribution in [0.4, 0.5) is 0 Å². The van der Waals surface area contributed by atoms with Gasteiger partial charge in [0, 0.05) is 106 Å².